The summed E-state index contributed by atoms with van der Waals surface area (Å²) >= 11 is 0. The molecule has 112 valence electrons. The molecule has 0 aromatic heterocycles. The maximum absolute atomic E-state index is 11.9. The van der Waals surface area contributed by atoms with Crippen molar-refractivity contribution in [3.8, 4) is 0 Å². The van der Waals surface area contributed by atoms with E-state index in [-0.39, 0.29) is 16.7 Å². The van der Waals surface area contributed by atoms with E-state index in [4.69, 9.17) is 5.73 Å². The van der Waals surface area contributed by atoms with Crippen LogP contribution < -0.4 is 15.8 Å². The van der Waals surface area contributed by atoms with Crippen LogP contribution in [0.5, 0.6) is 0 Å². The van der Waals surface area contributed by atoms with Gasteiger partial charge < -0.3 is 11.1 Å². The van der Waals surface area contributed by atoms with Gasteiger partial charge in [-0.3, -0.25) is 4.79 Å². The van der Waals surface area contributed by atoms with Crippen LogP contribution in [-0.4, -0.2) is 27.4 Å². The minimum atomic E-state index is -3.54. The molecule has 0 aliphatic rings. The predicted octanol–water partition coefficient (Wildman–Crippen LogP) is 0.825. The first kappa shape index (κ1) is 16.6. The summed E-state index contributed by atoms with van der Waals surface area (Å²) in [7, 11) is -2.21. The van der Waals surface area contributed by atoms with Gasteiger partial charge in [-0.1, -0.05) is 19.9 Å². The maximum atomic E-state index is 11.9. The third-order valence-corrected chi connectivity index (χ3v) is 4.48. The van der Waals surface area contributed by atoms with Crippen molar-refractivity contribution in [2.24, 2.45) is 11.7 Å². The minimum Gasteiger partial charge on any atom is -0.324 e. The molecule has 4 N–H and O–H groups in total. The summed E-state index contributed by atoms with van der Waals surface area (Å²) in [5.74, 6) is -0.332. The molecule has 0 heterocycles. The molecular formula is C13H21N3O3S. The van der Waals surface area contributed by atoms with E-state index in [1.54, 1.807) is 13.0 Å². The molecule has 0 radical (unpaired) electrons. The number of nitrogens with two attached hydrogens (primary N) is 1. The Balaban J connectivity index is 3.08. The van der Waals surface area contributed by atoms with E-state index in [2.05, 4.69) is 10.0 Å². The average Bonchev–Trinajstić information content (AvgIpc) is 2.39. The SMILES string of the molecule is CNS(=O)(=O)c1ccc(C)c(NC(=O)C(N)C(C)C)c1. The lowest BCUT2D eigenvalue weighted by molar-refractivity contribution is -0.118. The highest BCUT2D eigenvalue weighted by Gasteiger charge is 2.19. The number of rotatable bonds is 5. The summed E-state index contributed by atoms with van der Waals surface area (Å²) in [6, 6.07) is 3.91. The molecule has 1 atom stereocenters. The fraction of sp³-hybridized carbons (Fsp3) is 0.462. The molecule has 0 fully saturated rings. The Morgan fingerprint density at radius 1 is 1.30 bits per heavy atom. The van der Waals surface area contributed by atoms with Crippen LogP contribution in [0.25, 0.3) is 0 Å². The Bertz CT molecular complexity index is 597. The second-order valence-electron chi connectivity index (χ2n) is 4.94. The second-order valence-corrected chi connectivity index (χ2v) is 6.83. The van der Waals surface area contributed by atoms with Crippen LogP contribution >= 0.6 is 0 Å². The van der Waals surface area contributed by atoms with Crippen molar-refractivity contribution >= 4 is 21.6 Å². The summed E-state index contributed by atoms with van der Waals surface area (Å²) in [4.78, 5) is 12.0. The van der Waals surface area contributed by atoms with Crippen LogP contribution in [0.1, 0.15) is 19.4 Å². The van der Waals surface area contributed by atoms with Crippen LogP contribution in [0, 0.1) is 12.8 Å². The fourth-order valence-corrected chi connectivity index (χ4v) is 2.30. The molecular weight excluding hydrogens is 278 g/mol. The van der Waals surface area contributed by atoms with E-state index in [9.17, 15) is 13.2 Å². The van der Waals surface area contributed by atoms with Gasteiger partial charge in [0.05, 0.1) is 10.9 Å². The van der Waals surface area contributed by atoms with E-state index in [0.29, 0.717) is 5.69 Å². The molecule has 0 saturated carbocycles. The molecule has 1 aromatic carbocycles. The number of amides is 1. The standard InChI is InChI=1S/C13H21N3O3S/c1-8(2)12(14)13(17)16-11-7-10(6-5-9(11)3)20(18,19)15-4/h5-8,12,15H,14H2,1-4H3,(H,16,17). The molecule has 0 aliphatic heterocycles. The maximum Gasteiger partial charge on any atom is 0.241 e. The van der Waals surface area contributed by atoms with Gasteiger partial charge in [-0.2, -0.15) is 0 Å². The Hall–Kier alpha value is -1.44. The highest BCUT2D eigenvalue weighted by atomic mass is 32.2. The third kappa shape index (κ3) is 3.78. The van der Waals surface area contributed by atoms with E-state index >= 15 is 0 Å². The van der Waals surface area contributed by atoms with E-state index < -0.39 is 16.1 Å². The highest BCUT2D eigenvalue weighted by molar-refractivity contribution is 7.89. The van der Waals surface area contributed by atoms with Gasteiger partial charge in [-0.25, -0.2) is 13.1 Å². The zero-order valence-corrected chi connectivity index (χ0v) is 12.9. The minimum absolute atomic E-state index is 0.000435. The number of benzene rings is 1. The molecule has 6 nitrogen and oxygen atoms in total. The Morgan fingerprint density at radius 3 is 2.40 bits per heavy atom. The summed E-state index contributed by atoms with van der Waals surface area (Å²) < 4.78 is 25.7. The van der Waals surface area contributed by atoms with E-state index in [1.165, 1.54) is 19.2 Å². The van der Waals surface area contributed by atoms with Crippen LogP contribution in [-0.2, 0) is 14.8 Å². The number of sulfonamides is 1. The number of hydrogen-bond acceptors (Lipinski definition) is 4. The van der Waals surface area contributed by atoms with Crippen molar-refractivity contribution < 1.29 is 13.2 Å². The van der Waals surface area contributed by atoms with Crippen LogP contribution in [0.15, 0.2) is 23.1 Å². The van der Waals surface area contributed by atoms with Gasteiger partial charge in [0.15, 0.2) is 0 Å². The summed E-state index contributed by atoms with van der Waals surface area (Å²) in [5.41, 5.74) is 6.98. The molecule has 20 heavy (non-hydrogen) atoms. The highest BCUT2D eigenvalue weighted by Crippen LogP contribution is 2.20. The number of aryl methyl sites for hydroxylation is 1. The van der Waals surface area contributed by atoms with Crippen molar-refractivity contribution in [1.82, 2.24) is 4.72 Å². The van der Waals surface area contributed by atoms with E-state index in [1.807, 2.05) is 13.8 Å². The number of carbonyl (C=O) groups is 1. The van der Waals surface area contributed by atoms with Gasteiger partial charge in [0.1, 0.15) is 0 Å². The van der Waals surface area contributed by atoms with Gasteiger partial charge in [-0.15, -0.1) is 0 Å². The first-order valence-corrected chi connectivity index (χ1v) is 7.78. The predicted molar refractivity (Wildman–Crippen MR) is 78.9 cm³/mol. The molecule has 1 amide bonds. The fourth-order valence-electron chi connectivity index (χ4n) is 1.54. The topological polar surface area (TPSA) is 101 Å². The van der Waals surface area contributed by atoms with Gasteiger partial charge in [0.2, 0.25) is 15.9 Å². The monoisotopic (exact) mass is 299 g/mol. The number of hydrogen-bond donors (Lipinski definition) is 3. The number of nitrogens with one attached hydrogen (secondary N) is 2. The molecule has 1 unspecified atom stereocenters. The first-order chi connectivity index (χ1) is 9.19. The smallest absolute Gasteiger partial charge is 0.241 e. The Labute approximate surface area is 119 Å². The second kappa shape index (κ2) is 6.34. The molecule has 1 rings (SSSR count). The van der Waals surface area contributed by atoms with Gasteiger partial charge in [0.25, 0.3) is 0 Å². The van der Waals surface area contributed by atoms with Crippen LogP contribution in [0.3, 0.4) is 0 Å². The molecule has 0 spiro atoms. The number of anilines is 1. The zero-order valence-electron chi connectivity index (χ0n) is 12.1. The molecule has 0 bridgehead atoms. The van der Waals surface area contributed by atoms with Gasteiger partial charge >= 0.3 is 0 Å². The lowest BCUT2D eigenvalue weighted by Crippen LogP contribution is -2.39. The largest absolute Gasteiger partial charge is 0.324 e. The average molecular weight is 299 g/mol. The quantitative estimate of drug-likeness (QED) is 0.749. The van der Waals surface area contributed by atoms with E-state index in [0.717, 1.165) is 5.56 Å². The normalized spacial score (nSPS) is 13.3. The molecule has 7 heteroatoms. The van der Waals surface area contributed by atoms with Gasteiger partial charge in [0, 0.05) is 5.69 Å². The zero-order chi connectivity index (χ0) is 15.5. The number of carbonyl (C=O) groups excluding carboxylic acids is 1. The van der Waals surface area contributed by atoms with Crippen molar-refractivity contribution in [2.75, 3.05) is 12.4 Å². The molecule has 1 aromatic rings. The third-order valence-electron chi connectivity index (χ3n) is 3.07. The lowest BCUT2D eigenvalue weighted by Gasteiger charge is -2.17. The first-order valence-electron chi connectivity index (χ1n) is 6.29. The Kier molecular flexibility index (Phi) is 5.27. The summed E-state index contributed by atoms with van der Waals surface area (Å²) in [5, 5.41) is 2.67. The lowest BCUT2D eigenvalue weighted by atomic mass is 10.0. The summed E-state index contributed by atoms with van der Waals surface area (Å²) in [6.07, 6.45) is 0. The van der Waals surface area contributed by atoms with Crippen LogP contribution in [0.4, 0.5) is 5.69 Å². The van der Waals surface area contributed by atoms with Gasteiger partial charge in [-0.05, 0) is 37.6 Å². The van der Waals surface area contributed by atoms with Crippen molar-refractivity contribution in [1.29, 1.82) is 0 Å². The van der Waals surface area contributed by atoms with Crippen molar-refractivity contribution in [3.63, 3.8) is 0 Å². The Morgan fingerprint density at radius 2 is 1.90 bits per heavy atom. The molecule has 0 aliphatic carbocycles. The molecule has 0 saturated heterocycles. The van der Waals surface area contributed by atoms with Crippen molar-refractivity contribution in [3.05, 3.63) is 23.8 Å². The summed E-state index contributed by atoms with van der Waals surface area (Å²) in [6.45, 7) is 5.48. The van der Waals surface area contributed by atoms with Crippen molar-refractivity contribution in [2.45, 2.75) is 31.7 Å². The van der Waals surface area contributed by atoms with Crippen LogP contribution in [0.2, 0.25) is 0 Å².